The summed E-state index contributed by atoms with van der Waals surface area (Å²) in [7, 11) is 1.41. The number of aryl methyl sites for hydroxylation is 1. The Morgan fingerprint density at radius 3 is 2.56 bits per heavy atom. The van der Waals surface area contributed by atoms with Crippen molar-refractivity contribution in [1.29, 1.82) is 0 Å². The van der Waals surface area contributed by atoms with Gasteiger partial charge in [-0.05, 0) is 73.5 Å². The number of carbonyl (C=O) groups is 2. The van der Waals surface area contributed by atoms with Gasteiger partial charge in [0.15, 0.2) is 0 Å². The molecule has 0 spiro atoms. The van der Waals surface area contributed by atoms with E-state index in [-0.39, 0.29) is 17.3 Å². The van der Waals surface area contributed by atoms with E-state index in [0.29, 0.717) is 5.56 Å². The summed E-state index contributed by atoms with van der Waals surface area (Å²) in [6, 6.07) is 14.1. The minimum atomic E-state index is -0.290. The van der Waals surface area contributed by atoms with Crippen LogP contribution in [0.4, 0.5) is 5.69 Å². The molecule has 6 nitrogen and oxygen atoms in total. The molecule has 3 aliphatic rings. The van der Waals surface area contributed by atoms with Gasteiger partial charge in [0.25, 0.3) is 0 Å². The predicted molar refractivity (Wildman–Crippen MR) is 133 cm³/mol. The number of methoxy groups -OCH3 is 1. The third-order valence-corrected chi connectivity index (χ3v) is 7.94. The molecule has 1 amide bonds. The summed E-state index contributed by atoms with van der Waals surface area (Å²) >= 11 is 0. The number of nitrogens with one attached hydrogen (secondary N) is 1. The van der Waals surface area contributed by atoms with Crippen molar-refractivity contribution in [3.8, 4) is 0 Å². The Hall–Kier alpha value is -2.70. The molecular formula is C28H35N3O3. The van der Waals surface area contributed by atoms with Crippen LogP contribution >= 0.6 is 0 Å². The van der Waals surface area contributed by atoms with Crippen LogP contribution in [0, 0.1) is 0 Å². The molecule has 1 saturated heterocycles. The number of piperazine rings is 1. The smallest absolute Gasteiger partial charge is 0.337 e. The van der Waals surface area contributed by atoms with Gasteiger partial charge in [0.2, 0.25) is 5.91 Å². The Morgan fingerprint density at radius 1 is 1.03 bits per heavy atom. The van der Waals surface area contributed by atoms with E-state index >= 15 is 0 Å². The van der Waals surface area contributed by atoms with Gasteiger partial charge >= 0.3 is 5.97 Å². The van der Waals surface area contributed by atoms with E-state index < -0.39 is 0 Å². The molecule has 1 fully saturated rings. The van der Waals surface area contributed by atoms with Gasteiger partial charge in [0.05, 0.1) is 18.1 Å². The second kappa shape index (κ2) is 9.88. The minimum absolute atomic E-state index is 0.225. The lowest BCUT2D eigenvalue weighted by atomic mass is 9.68. The second-order valence-electron chi connectivity index (χ2n) is 9.99. The van der Waals surface area contributed by atoms with Crippen LogP contribution in [0.1, 0.15) is 59.2 Å². The largest absolute Gasteiger partial charge is 0.465 e. The highest BCUT2D eigenvalue weighted by Gasteiger charge is 2.48. The summed E-state index contributed by atoms with van der Waals surface area (Å²) in [6.45, 7) is 6.30. The van der Waals surface area contributed by atoms with Crippen LogP contribution in [-0.2, 0) is 27.9 Å². The summed E-state index contributed by atoms with van der Waals surface area (Å²) in [5.41, 5.74) is 5.27. The third-order valence-electron chi connectivity index (χ3n) is 7.94. The van der Waals surface area contributed by atoms with Crippen LogP contribution < -0.4 is 5.32 Å². The molecule has 1 atom stereocenters. The molecule has 2 aromatic carbocycles. The molecule has 0 saturated carbocycles. The average Bonchev–Trinajstić information content (AvgIpc) is 3.16. The van der Waals surface area contributed by atoms with E-state index in [1.54, 1.807) is 0 Å². The normalized spacial score (nSPS) is 22.3. The van der Waals surface area contributed by atoms with Crippen LogP contribution in [0.25, 0.3) is 0 Å². The number of esters is 1. The number of hydrogen-bond acceptors (Lipinski definition) is 5. The van der Waals surface area contributed by atoms with Gasteiger partial charge in [0, 0.05) is 38.4 Å². The zero-order valence-corrected chi connectivity index (χ0v) is 20.1. The van der Waals surface area contributed by atoms with Crippen molar-refractivity contribution < 1.29 is 14.3 Å². The van der Waals surface area contributed by atoms with Gasteiger partial charge in [-0.2, -0.15) is 0 Å². The summed E-state index contributed by atoms with van der Waals surface area (Å²) in [6.07, 6.45) is 6.39. The molecule has 2 aromatic rings. The van der Waals surface area contributed by atoms with Crippen molar-refractivity contribution in [2.45, 2.75) is 50.5 Å². The highest BCUT2D eigenvalue weighted by Crippen LogP contribution is 2.49. The molecule has 5 rings (SSSR count). The van der Waals surface area contributed by atoms with Crippen LogP contribution in [0.2, 0.25) is 0 Å². The maximum absolute atomic E-state index is 13.0. The van der Waals surface area contributed by atoms with Gasteiger partial charge in [-0.1, -0.05) is 30.7 Å². The second-order valence-corrected chi connectivity index (χ2v) is 9.99. The molecular weight excluding hydrogens is 426 g/mol. The Labute approximate surface area is 202 Å². The van der Waals surface area contributed by atoms with Gasteiger partial charge < -0.3 is 15.0 Å². The summed E-state index contributed by atoms with van der Waals surface area (Å²) in [5.74, 6) is -0.0654. The van der Waals surface area contributed by atoms with Crippen molar-refractivity contribution in [1.82, 2.24) is 9.80 Å². The number of anilines is 1. The highest BCUT2D eigenvalue weighted by molar-refractivity contribution is 6.07. The molecule has 6 heteroatoms. The Morgan fingerprint density at radius 2 is 1.79 bits per heavy atom. The van der Waals surface area contributed by atoms with Crippen LogP contribution in [-0.4, -0.2) is 61.5 Å². The number of nitrogens with zero attached hydrogens (tertiary/aromatic N) is 2. The number of ether oxygens (including phenoxy) is 1. The number of rotatable bonds is 8. The monoisotopic (exact) mass is 461 g/mol. The lowest BCUT2D eigenvalue weighted by Crippen LogP contribution is -2.46. The molecule has 2 aliphatic heterocycles. The zero-order chi connectivity index (χ0) is 23.5. The molecule has 2 heterocycles. The first-order valence-electron chi connectivity index (χ1n) is 12.6. The Kier molecular flexibility index (Phi) is 6.70. The van der Waals surface area contributed by atoms with Crippen LogP contribution in [0.3, 0.4) is 0 Å². The molecule has 1 aliphatic carbocycles. The molecule has 180 valence electrons. The number of hydrogen-bond donors (Lipinski definition) is 1. The molecule has 0 aromatic heterocycles. The third kappa shape index (κ3) is 4.49. The van der Waals surface area contributed by atoms with E-state index in [4.69, 9.17) is 4.74 Å². The van der Waals surface area contributed by atoms with Gasteiger partial charge in [0.1, 0.15) is 0 Å². The quantitative estimate of drug-likeness (QED) is 0.476. The predicted octanol–water partition coefficient (Wildman–Crippen LogP) is 3.99. The van der Waals surface area contributed by atoms with Crippen molar-refractivity contribution in [3.05, 3.63) is 64.7 Å². The van der Waals surface area contributed by atoms with Crippen LogP contribution in [0.5, 0.6) is 0 Å². The number of unbranched alkanes of at least 4 members (excludes halogenated alkanes) is 1. The summed E-state index contributed by atoms with van der Waals surface area (Å²) in [5, 5.41) is 3.17. The lowest BCUT2D eigenvalue weighted by molar-refractivity contribution is -0.121. The van der Waals surface area contributed by atoms with Crippen molar-refractivity contribution >= 4 is 17.6 Å². The van der Waals surface area contributed by atoms with E-state index in [0.717, 1.165) is 83.5 Å². The lowest BCUT2D eigenvalue weighted by Gasteiger charge is -2.35. The van der Waals surface area contributed by atoms with Crippen molar-refractivity contribution in [2.75, 3.05) is 45.2 Å². The Bertz CT molecular complexity index is 1040. The maximum atomic E-state index is 13.0. The SMILES string of the molecule is COC(=O)c1ccc(CN2CCN(CCCCC34CCCc5cccc(c53)NC4=O)CC2)cc1. The van der Waals surface area contributed by atoms with E-state index in [9.17, 15) is 9.59 Å². The fourth-order valence-corrected chi connectivity index (χ4v) is 6.07. The van der Waals surface area contributed by atoms with Crippen molar-refractivity contribution in [2.24, 2.45) is 0 Å². The number of amides is 1. The topological polar surface area (TPSA) is 61.9 Å². The fourth-order valence-electron chi connectivity index (χ4n) is 6.07. The average molecular weight is 462 g/mol. The van der Waals surface area contributed by atoms with E-state index in [1.165, 1.54) is 23.8 Å². The molecule has 1 unspecified atom stereocenters. The first-order chi connectivity index (χ1) is 16.6. The maximum Gasteiger partial charge on any atom is 0.337 e. The zero-order valence-electron chi connectivity index (χ0n) is 20.1. The molecule has 0 bridgehead atoms. The molecule has 34 heavy (non-hydrogen) atoms. The standard InChI is InChI=1S/C28H35N3O3/c1-34-26(32)23-11-9-21(10-12-23)20-31-18-16-30(17-19-31)15-3-2-13-28-14-5-7-22-6-4-8-24(25(22)28)29-27(28)33/h4,6,8-12H,2-3,5,7,13-20H2,1H3,(H,29,33). The number of benzene rings is 2. The van der Waals surface area contributed by atoms with Gasteiger partial charge in [-0.15, -0.1) is 0 Å². The summed E-state index contributed by atoms with van der Waals surface area (Å²) < 4.78 is 4.77. The first kappa shape index (κ1) is 23.1. The van der Waals surface area contributed by atoms with Crippen LogP contribution in [0.15, 0.2) is 42.5 Å². The summed E-state index contributed by atoms with van der Waals surface area (Å²) in [4.78, 5) is 29.6. The Balaban J connectivity index is 1.07. The highest BCUT2D eigenvalue weighted by atomic mass is 16.5. The van der Waals surface area contributed by atoms with E-state index in [2.05, 4.69) is 33.3 Å². The van der Waals surface area contributed by atoms with Gasteiger partial charge in [-0.25, -0.2) is 4.79 Å². The molecule has 0 radical (unpaired) electrons. The number of carbonyl (C=O) groups excluding carboxylic acids is 2. The fraction of sp³-hybridized carbons (Fsp3) is 0.500. The van der Waals surface area contributed by atoms with E-state index in [1.807, 2.05) is 24.3 Å². The van der Waals surface area contributed by atoms with Gasteiger partial charge in [-0.3, -0.25) is 9.69 Å². The first-order valence-corrected chi connectivity index (χ1v) is 12.6. The van der Waals surface area contributed by atoms with Crippen molar-refractivity contribution in [3.63, 3.8) is 0 Å². The molecule has 1 N–H and O–H groups in total. The minimum Gasteiger partial charge on any atom is -0.465 e.